The fraction of sp³-hybridized carbons (Fsp3) is 0.692. The van der Waals surface area contributed by atoms with Crippen LogP contribution in [-0.4, -0.2) is 56.6 Å². The van der Waals surface area contributed by atoms with Gasteiger partial charge in [0.15, 0.2) is 0 Å². The summed E-state index contributed by atoms with van der Waals surface area (Å²) in [7, 11) is 6.44. The van der Waals surface area contributed by atoms with E-state index in [0.717, 1.165) is 19.5 Å². The third-order valence-corrected chi connectivity index (χ3v) is 3.78. The molecule has 1 aromatic heterocycles. The molecule has 0 saturated carbocycles. The molecule has 4 nitrogen and oxygen atoms in total. The van der Waals surface area contributed by atoms with Gasteiger partial charge in [0.1, 0.15) is 0 Å². The van der Waals surface area contributed by atoms with Crippen LogP contribution in [-0.2, 0) is 0 Å². The maximum Gasteiger partial charge on any atom is 0.0950 e. The highest BCUT2D eigenvalue weighted by molar-refractivity contribution is 5.12. The molecule has 0 bridgehead atoms. The fourth-order valence-corrected chi connectivity index (χ4v) is 2.52. The van der Waals surface area contributed by atoms with Crippen LogP contribution in [0.3, 0.4) is 0 Å². The minimum absolute atomic E-state index is 0.382. The predicted octanol–water partition coefficient (Wildman–Crippen LogP) is 1.18. The van der Waals surface area contributed by atoms with Crippen LogP contribution < -0.4 is 5.32 Å². The molecule has 1 aromatic rings. The summed E-state index contributed by atoms with van der Waals surface area (Å²) in [6.45, 7) is 3.47. The van der Waals surface area contributed by atoms with E-state index >= 15 is 0 Å². The first kappa shape index (κ1) is 12.6. The van der Waals surface area contributed by atoms with Crippen LogP contribution in [0.1, 0.15) is 18.0 Å². The number of nitrogens with one attached hydrogen (secondary N) is 1. The molecule has 2 rings (SSSR count). The first-order chi connectivity index (χ1) is 8.20. The standard InChI is InChI=1S/C13H23N3O/c1-14-13(11-4-7-17-10-11)8-12-9-15(2)5-6-16(12)3/h4,7,10,12-14H,5-6,8-9H2,1-3H3. The van der Waals surface area contributed by atoms with E-state index in [1.54, 1.807) is 6.26 Å². The zero-order valence-corrected chi connectivity index (χ0v) is 11.0. The van der Waals surface area contributed by atoms with Crippen molar-refractivity contribution >= 4 is 0 Å². The average Bonchev–Trinajstić information content (AvgIpc) is 2.84. The lowest BCUT2D eigenvalue weighted by molar-refractivity contribution is 0.102. The number of piperazine rings is 1. The lowest BCUT2D eigenvalue weighted by atomic mass is 9.99. The molecule has 1 aliphatic rings. The Labute approximate surface area is 104 Å². The molecule has 1 fully saturated rings. The lowest BCUT2D eigenvalue weighted by Gasteiger charge is -2.39. The van der Waals surface area contributed by atoms with Crippen molar-refractivity contribution in [2.75, 3.05) is 40.8 Å². The summed E-state index contributed by atoms with van der Waals surface area (Å²) in [5.74, 6) is 0. The molecule has 0 aromatic carbocycles. The van der Waals surface area contributed by atoms with Crippen LogP contribution in [0.15, 0.2) is 23.0 Å². The zero-order chi connectivity index (χ0) is 12.3. The Morgan fingerprint density at radius 3 is 2.94 bits per heavy atom. The average molecular weight is 237 g/mol. The van der Waals surface area contributed by atoms with E-state index in [4.69, 9.17) is 4.42 Å². The van der Waals surface area contributed by atoms with Crippen molar-refractivity contribution in [3.63, 3.8) is 0 Å². The van der Waals surface area contributed by atoms with Gasteiger partial charge in [0.25, 0.3) is 0 Å². The van der Waals surface area contributed by atoms with Crippen molar-refractivity contribution in [1.82, 2.24) is 15.1 Å². The third kappa shape index (κ3) is 3.09. The van der Waals surface area contributed by atoms with Crippen LogP contribution in [0.5, 0.6) is 0 Å². The van der Waals surface area contributed by atoms with Crippen molar-refractivity contribution in [2.24, 2.45) is 0 Å². The Hall–Kier alpha value is -0.840. The molecule has 2 unspecified atom stereocenters. The van der Waals surface area contributed by atoms with Gasteiger partial charge in [0.2, 0.25) is 0 Å². The lowest BCUT2D eigenvalue weighted by Crippen LogP contribution is -2.50. The van der Waals surface area contributed by atoms with Crippen LogP contribution in [0, 0.1) is 0 Å². The zero-order valence-electron chi connectivity index (χ0n) is 11.0. The van der Waals surface area contributed by atoms with Crippen molar-refractivity contribution in [3.8, 4) is 0 Å². The molecule has 0 radical (unpaired) electrons. The highest BCUT2D eigenvalue weighted by Gasteiger charge is 2.25. The second-order valence-corrected chi connectivity index (χ2v) is 5.03. The number of likely N-dealkylation sites (N-methyl/N-ethyl adjacent to an activating group) is 2. The van der Waals surface area contributed by atoms with Gasteiger partial charge >= 0.3 is 0 Å². The summed E-state index contributed by atoms with van der Waals surface area (Å²) >= 11 is 0. The Bertz CT molecular complexity index is 325. The molecule has 2 heterocycles. The first-order valence-corrected chi connectivity index (χ1v) is 6.29. The molecule has 17 heavy (non-hydrogen) atoms. The Morgan fingerprint density at radius 1 is 1.47 bits per heavy atom. The molecule has 1 N–H and O–H groups in total. The maximum atomic E-state index is 5.17. The van der Waals surface area contributed by atoms with Gasteiger partial charge in [-0.25, -0.2) is 0 Å². The number of furan rings is 1. The first-order valence-electron chi connectivity index (χ1n) is 6.29. The van der Waals surface area contributed by atoms with Gasteiger partial charge in [-0.1, -0.05) is 0 Å². The molecule has 1 saturated heterocycles. The largest absolute Gasteiger partial charge is 0.472 e. The van der Waals surface area contributed by atoms with Crippen molar-refractivity contribution in [3.05, 3.63) is 24.2 Å². The van der Waals surface area contributed by atoms with Gasteiger partial charge in [0, 0.05) is 37.3 Å². The number of rotatable bonds is 4. The second kappa shape index (κ2) is 5.67. The molecule has 1 aliphatic heterocycles. The minimum atomic E-state index is 0.382. The molecular formula is C13H23N3O. The van der Waals surface area contributed by atoms with E-state index in [2.05, 4.69) is 29.2 Å². The fourth-order valence-electron chi connectivity index (χ4n) is 2.52. The summed E-state index contributed by atoms with van der Waals surface area (Å²) in [5, 5.41) is 3.38. The van der Waals surface area contributed by atoms with Gasteiger partial charge < -0.3 is 19.5 Å². The van der Waals surface area contributed by atoms with Gasteiger partial charge in [-0.15, -0.1) is 0 Å². The smallest absolute Gasteiger partial charge is 0.0950 e. The van der Waals surface area contributed by atoms with Crippen molar-refractivity contribution < 1.29 is 4.42 Å². The molecule has 0 spiro atoms. The van der Waals surface area contributed by atoms with Gasteiger partial charge in [0.05, 0.1) is 12.5 Å². The molecule has 0 aliphatic carbocycles. The van der Waals surface area contributed by atoms with Crippen LogP contribution >= 0.6 is 0 Å². The van der Waals surface area contributed by atoms with Gasteiger partial charge in [-0.05, 0) is 33.6 Å². The van der Waals surface area contributed by atoms with E-state index in [0.29, 0.717) is 12.1 Å². The molecule has 4 heteroatoms. The number of hydrogen-bond donors (Lipinski definition) is 1. The van der Waals surface area contributed by atoms with Gasteiger partial charge in [-0.2, -0.15) is 0 Å². The molecule has 96 valence electrons. The van der Waals surface area contributed by atoms with E-state index in [-0.39, 0.29) is 0 Å². The summed E-state index contributed by atoms with van der Waals surface area (Å²) in [6, 6.07) is 3.04. The van der Waals surface area contributed by atoms with E-state index in [1.807, 2.05) is 19.4 Å². The summed E-state index contributed by atoms with van der Waals surface area (Å²) in [6.07, 6.45) is 4.71. The molecule has 0 amide bonds. The van der Waals surface area contributed by atoms with Crippen molar-refractivity contribution in [1.29, 1.82) is 0 Å². The second-order valence-electron chi connectivity index (χ2n) is 5.03. The van der Waals surface area contributed by atoms with Crippen LogP contribution in [0.4, 0.5) is 0 Å². The van der Waals surface area contributed by atoms with Gasteiger partial charge in [-0.3, -0.25) is 0 Å². The molecular weight excluding hydrogens is 214 g/mol. The predicted molar refractivity (Wildman–Crippen MR) is 69.0 cm³/mol. The Kier molecular flexibility index (Phi) is 4.20. The summed E-state index contributed by atoms with van der Waals surface area (Å²) in [5.41, 5.74) is 1.24. The van der Waals surface area contributed by atoms with Crippen LogP contribution in [0.2, 0.25) is 0 Å². The molecule has 2 atom stereocenters. The summed E-state index contributed by atoms with van der Waals surface area (Å²) in [4.78, 5) is 4.87. The third-order valence-electron chi connectivity index (χ3n) is 3.78. The topological polar surface area (TPSA) is 31.6 Å². The Morgan fingerprint density at radius 2 is 2.29 bits per heavy atom. The minimum Gasteiger partial charge on any atom is -0.472 e. The normalized spacial score (nSPS) is 25.0. The highest BCUT2D eigenvalue weighted by atomic mass is 16.3. The van der Waals surface area contributed by atoms with E-state index in [9.17, 15) is 0 Å². The quantitative estimate of drug-likeness (QED) is 0.852. The summed E-state index contributed by atoms with van der Waals surface area (Å²) < 4.78 is 5.17. The monoisotopic (exact) mass is 237 g/mol. The number of hydrogen-bond acceptors (Lipinski definition) is 4. The maximum absolute atomic E-state index is 5.17. The Balaban J connectivity index is 1.98. The highest BCUT2D eigenvalue weighted by Crippen LogP contribution is 2.22. The van der Waals surface area contributed by atoms with Crippen molar-refractivity contribution in [2.45, 2.75) is 18.5 Å². The number of nitrogens with zero attached hydrogens (tertiary/aromatic N) is 2. The van der Waals surface area contributed by atoms with E-state index < -0.39 is 0 Å². The van der Waals surface area contributed by atoms with E-state index in [1.165, 1.54) is 12.1 Å². The SMILES string of the molecule is CNC(CC1CN(C)CCN1C)c1ccoc1. The van der Waals surface area contributed by atoms with Crippen LogP contribution in [0.25, 0.3) is 0 Å².